The van der Waals surface area contributed by atoms with Gasteiger partial charge in [-0.1, -0.05) is 41.9 Å². The SMILES string of the molecule is CC(Cc1ccccc1)NC(C)c1csc(Cl)c1. The molecule has 2 atom stereocenters. The summed E-state index contributed by atoms with van der Waals surface area (Å²) in [5.41, 5.74) is 2.64. The molecular formula is C15H18ClNS. The molecule has 3 heteroatoms. The largest absolute Gasteiger partial charge is 0.307 e. The molecule has 0 bridgehead atoms. The van der Waals surface area contributed by atoms with Gasteiger partial charge < -0.3 is 5.32 Å². The molecule has 0 aliphatic heterocycles. The second-order valence-electron chi connectivity index (χ2n) is 4.66. The molecule has 0 saturated carbocycles. The van der Waals surface area contributed by atoms with Gasteiger partial charge in [0.15, 0.2) is 0 Å². The zero-order valence-electron chi connectivity index (χ0n) is 10.7. The maximum Gasteiger partial charge on any atom is 0.0931 e. The Hall–Kier alpha value is -0.830. The van der Waals surface area contributed by atoms with Crippen LogP contribution in [0.25, 0.3) is 0 Å². The Morgan fingerprint density at radius 3 is 2.56 bits per heavy atom. The van der Waals surface area contributed by atoms with E-state index in [1.807, 2.05) is 6.07 Å². The molecule has 1 aromatic heterocycles. The molecule has 0 aliphatic carbocycles. The van der Waals surface area contributed by atoms with Crippen molar-refractivity contribution in [1.29, 1.82) is 0 Å². The highest BCUT2D eigenvalue weighted by Gasteiger charge is 2.11. The second-order valence-corrected chi connectivity index (χ2v) is 6.21. The number of hydrogen-bond donors (Lipinski definition) is 1. The van der Waals surface area contributed by atoms with Crippen LogP contribution < -0.4 is 5.32 Å². The van der Waals surface area contributed by atoms with Gasteiger partial charge in [-0.3, -0.25) is 0 Å². The van der Waals surface area contributed by atoms with E-state index in [4.69, 9.17) is 11.6 Å². The van der Waals surface area contributed by atoms with Crippen molar-refractivity contribution in [3.05, 3.63) is 57.2 Å². The quantitative estimate of drug-likeness (QED) is 0.838. The number of benzene rings is 1. The second kappa shape index (κ2) is 6.37. The Kier molecular flexibility index (Phi) is 4.81. The standard InChI is InChI=1S/C15H18ClNS/c1-11(8-13-6-4-3-5-7-13)17-12(2)14-9-15(16)18-10-14/h3-7,9-12,17H,8H2,1-2H3. The lowest BCUT2D eigenvalue weighted by molar-refractivity contribution is 0.478. The van der Waals surface area contributed by atoms with E-state index >= 15 is 0 Å². The molecule has 0 aliphatic rings. The molecule has 1 nitrogen and oxygen atoms in total. The smallest absolute Gasteiger partial charge is 0.0931 e. The molecule has 0 radical (unpaired) electrons. The summed E-state index contributed by atoms with van der Waals surface area (Å²) in [4.78, 5) is 0. The Morgan fingerprint density at radius 1 is 1.22 bits per heavy atom. The topological polar surface area (TPSA) is 12.0 Å². The van der Waals surface area contributed by atoms with E-state index in [1.165, 1.54) is 11.1 Å². The van der Waals surface area contributed by atoms with E-state index in [0.29, 0.717) is 12.1 Å². The lowest BCUT2D eigenvalue weighted by Crippen LogP contribution is -2.30. The van der Waals surface area contributed by atoms with Crippen LogP contribution in [0.15, 0.2) is 41.8 Å². The van der Waals surface area contributed by atoms with Gasteiger partial charge in [0.05, 0.1) is 4.34 Å². The third-order valence-corrected chi connectivity index (χ3v) is 4.12. The Morgan fingerprint density at radius 2 is 1.94 bits per heavy atom. The normalized spacial score (nSPS) is 14.4. The number of hydrogen-bond acceptors (Lipinski definition) is 2. The van der Waals surface area contributed by atoms with Crippen molar-refractivity contribution >= 4 is 22.9 Å². The highest BCUT2D eigenvalue weighted by Crippen LogP contribution is 2.25. The van der Waals surface area contributed by atoms with Gasteiger partial charge in [0.1, 0.15) is 0 Å². The van der Waals surface area contributed by atoms with Crippen molar-refractivity contribution < 1.29 is 0 Å². The van der Waals surface area contributed by atoms with Gasteiger partial charge in [-0.2, -0.15) is 0 Å². The average Bonchev–Trinajstić information content (AvgIpc) is 2.77. The third-order valence-electron chi connectivity index (χ3n) is 3.01. The molecule has 2 aromatic rings. The van der Waals surface area contributed by atoms with Crippen LogP contribution in [0.3, 0.4) is 0 Å². The molecule has 2 unspecified atom stereocenters. The maximum atomic E-state index is 5.96. The average molecular weight is 280 g/mol. The Balaban J connectivity index is 1.89. The van der Waals surface area contributed by atoms with Gasteiger partial charge in [0, 0.05) is 12.1 Å². The van der Waals surface area contributed by atoms with E-state index in [9.17, 15) is 0 Å². The molecule has 2 rings (SSSR count). The van der Waals surface area contributed by atoms with Gasteiger partial charge in [-0.25, -0.2) is 0 Å². The summed E-state index contributed by atoms with van der Waals surface area (Å²) in [7, 11) is 0. The highest BCUT2D eigenvalue weighted by molar-refractivity contribution is 7.14. The van der Waals surface area contributed by atoms with E-state index in [0.717, 1.165) is 10.8 Å². The van der Waals surface area contributed by atoms with Crippen LogP contribution in [0.5, 0.6) is 0 Å². The van der Waals surface area contributed by atoms with E-state index in [1.54, 1.807) is 11.3 Å². The first-order valence-corrected chi connectivity index (χ1v) is 7.45. The minimum Gasteiger partial charge on any atom is -0.307 e. The van der Waals surface area contributed by atoms with Crippen molar-refractivity contribution in [3.8, 4) is 0 Å². The van der Waals surface area contributed by atoms with Crippen LogP contribution in [0.4, 0.5) is 0 Å². The van der Waals surface area contributed by atoms with Crippen molar-refractivity contribution in [2.45, 2.75) is 32.4 Å². The van der Waals surface area contributed by atoms with Crippen LogP contribution in [-0.4, -0.2) is 6.04 Å². The Bertz CT molecular complexity index is 480. The van der Waals surface area contributed by atoms with Crippen molar-refractivity contribution in [2.24, 2.45) is 0 Å². The Labute approximate surface area is 118 Å². The number of rotatable bonds is 5. The van der Waals surface area contributed by atoms with Crippen LogP contribution in [-0.2, 0) is 6.42 Å². The van der Waals surface area contributed by atoms with Crippen LogP contribution in [0.2, 0.25) is 4.34 Å². The fourth-order valence-electron chi connectivity index (χ4n) is 2.10. The number of thiophene rings is 1. The fraction of sp³-hybridized carbons (Fsp3) is 0.333. The van der Waals surface area contributed by atoms with E-state index in [-0.39, 0.29) is 0 Å². The van der Waals surface area contributed by atoms with Crippen molar-refractivity contribution in [1.82, 2.24) is 5.32 Å². The molecule has 1 aromatic carbocycles. The lowest BCUT2D eigenvalue weighted by Gasteiger charge is -2.19. The maximum absolute atomic E-state index is 5.96. The van der Waals surface area contributed by atoms with Gasteiger partial charge in [0.25, 0.3) is 0 Å². The predicted octanol–water partition coefficient (Wildman–Crippen LogP) is 4.68. The molecular weight excluding hydrogens is 262 g/mol. The van der Waals surface area contributed by atoms with Gasteiger partial charge in [-0.05, 0) is 42.8 Å². The minimum absolute atomic E-state index is 0.340. The highest BCUT2D eigenvalue weighted by atomic mass is 35.5. The van der Waals surface area contributed by atoms with Crippen molar-refractivity contribution in [2.75, 3.05) is 0 Å². The summed E-state index contributed by atoms with van der Waals surface area (Å²) in [6.07, 6.45) is 1.04. The molecule has 0 fully saturated rings. The predicted molar refractivity (Wildman–Crippen MR) is 80.5 cm³/mol. The first-order chi connectivity index (χ1) is 8.65. The van der Waals surface area contributed by atoms with Crippen molar-refractivity contribution in [3.63, 3.8) is 0 Å². The molecule has 0 amide bonds. The number of nitrogens with one attached hydrogen (secondary N) is 1. The van der Waals surface area contributed by atoms with Crippen LogP contribution >= 0.6 is 22.9 Å². The summed E-state index contributed by atoms with van der Waals surface area (Å²) in [5, 5.41) is 5.73. The molecule has 1 heterocycles. The van der Waals surface area contributed by atoms with Crippen LogP contribution in [0, 0.1) is 0 Å². The summed E-state index contributed by atoms with van der Waals surface area (Å²) in [6, 6.07) is 13.4. The molecule has 0 spiro atoms. The lowest BCUT2D eigenvalue weighted by atomic mass is 10.1. The summed E-state index contributed by atoms with van der Waals surface area (Å²) in [5.74, 6) is 0. The summed E-state index contributed by atoms with van der Waals surface area (Å²) < 4.78 is 0.856. The van der Waals surface area contributed by atoms with Gasteiger partial charge in [-0.15, -0.1) is 11.3 Å². The summed E-state index contributed by atoms with van der Waals surface area (Å²) >= 11 is 7.55. The fourth-order valence-corrected chi connectivity index (χ4v) is 3.08. The van der Waals surface area contributed by atoms with E-state index < -0.39 is 0 Å². The van der Waals surface area contributed by atoms with Gasteiger partial charge in [0.2, 0.25) is 0 Å². The minimum atomic E-state index is 0.340. The molecule has 18 heavy (non-hydrogen) atoms. The monoisotopic (exact) mass is 279 g/mol. The molecule has 96 valence electrons. The van der Waals surface area contributed by atoms with Gasteiger partial charge >= 0.3 is 0 Å². The third kappa shape index (κ3) is 3.84. The summed E-state index contributed by atoms with van der Waals surface area (Å²) in [6.45, 7) is 4.40. The number of halogens is 1. The zero-order chi connectivity index (χ0) is 13.0. The first-order valence-electron chi connectivity index (χ1n) is 6.19. The zero-order valence-corrected chi connectivity index (χ0v) is 12.3. The first kappa shape index (κ1) is 13.6. The molecule has 0 saturated heterocycles. The van der Waals surface area contributed by atoms with E-state index in [2.05, 4.69) is 54.9 Å². The van der Waals surface area contributed by atoms with Crippen LogP contribution in [0.1, 0.15) is 31.0 Å². The molecule has 1 N–H and O–H groups in total.